The van der Waals surface area contributed by atoms with Gasteiger partial charge in [0, 0.05) is 5.57 Å². The topological polar surface area (TPSA) is 37.3 Å². The zero-order valence-corrected chi connectivity index (χ0v) is 5.71. The van der Waals surface area contributed by atoms with Crippen LogP contribution in [0.25, 0.3) is 0 Å². The van der Waals surface area contributed by atoms with E-state index < -0.39 is 5.97 Å². The first-order valence-electron chi connectivity index (χ1n) is 2.88. The highest BCUT2D eigenvalue weighted by atomic mass is 16.4. The molecule has 0 unspecified atom stereocenters. The van der Waals surface area contributed by atoms with E-state index in [-0.39, 0.29) is 0 Å². The van der Waals surface area contributed by atoms with Gasteiger partial charge in [-0.15, -0.1) is 6.58 Å². The number of carboxylic acids is 1. The van der Waals surface area contributed by atoms with E-state index >= 15 is 0 Å². The van der Waals surface area contributed by atoms with Crippen LogP contribution in [0.5, 0.6) is 0 Å². The van der Waals surface area contributed by atoms with Gasteiger partial charge in [0.05, 0.1) is 0 Å². The van der Waals surface area contributed by atoms with Gasteiger partial charge >= 0.3 is 5.97 Å². The van der Waals surface area contributed by atoms with Crippen molar-refractivity contribution in [2.24, 2.45) is 0 Å². The number of aliphatic carboxylic acids is 1. The lowest BCUT2D eigenvalue weighted by Gasteiger charge is -1.93. The van der Waals surface area contributed by atoms with Gasteiger partial charge in [-0.25, -0.2) is 4.79 Å². The Bertz CT molecular complexity index is 178. The van der Waals surface area contributed by atoms with Crippen molar-refractivity contribution in [1.82, 2.24) is 0 Å². The highest BCUT2D eigenvalue weighted by molar-refractivity contribution is 5.87. The van der Waals surface area contributed by atoms with Crippen LogP contribution in [0.1, 0.15) is 6.42 Å². The minimum atomic E-state index is -0.917. The smallest absolute Gasteiger partial charge is 0.331 e. The van der Waals surface area contributed by atoms with Crippen LogP contribution in [0.2, 0.25) is 0 Å². The molecule has 0 spiro atoms. The maximum atomic E-state index is 10.3. The third kappa shape index (κ3) is 2.87. The van der Waals surface area contributed by atoms with Crippen molar-refractivity contribution >= 4 is 5.97 Å². The monoisotopic (exact) mass is 138 g/mol. The molecule has 0 aromatic carbocycles. The van der Waals surface area contributed by atoms with Crippen molar-refractivity contribution in [1.29, 1.82) is 0 Å². The Balaban J connectivity index is 4.24. The zero-order chi connectivity index (χ0) is 7.98. The second kappa shape index (κ2) is 4.56. The van der Waals surface area contributed by atoms with Gasteiger partial charge in [-0.2, -0.15) is 0 Å². The molecular weight excluding hydrogens is 128 g/mol. The van der Waals surface area contributed by atoms with Crippen molar-refractivity contribution < 1.29 is 9.90 Å². The molecule has 0 aromatic heterocycles. The van der Waals surface area contributed by atoms with Crippen molar-refractivity contribution in [2.75, 3.05) is 0 Å². The lowest BCUT2D eigenvalue weighted by Crippen LogP contribution is -1.98. The molecule has 0 atom stereocenters. The first-order chi connectivity index (χ1) is 4.72. The van der Waals surface area contributed by atoms with Crippen molar-refractivity contribution in [3.8, 4) is 0 Å². The average molecular weight is 138 g/mol. The molecule has 2 heteroatoms. The Labute approximate surface area is 60.2 Å². The fourth-order valence-electron chi connectivity index (χ4n) is 0.524. The second-order valence-electron chi connectivity index (χ2n) is 1.73. The van der Waals surface area contributed by atoms with Crippen LogP contribution in [0.4, 0.5) is 0 Å². The van der Waals surface area contributed by atoms with Gasteiger partial charge < -0.3 is 5.11 Å². The van der Waals surface area contributed by atoms with Gasteiger partial charge in [-0.1, -0.05) is 24.8 Å². The largest absolute Gasteiger partial charge is 0.478 e. The third-order valence-electron chi connectivity index (χ3n) is 0.958. The molecule has 0 fully saturated rings. The normalized spacial score (nSPS) is 10.6. The average Bonchev–Trinajstić information content (AvgIpc) is 1.87. The molecule has 10 heavy (non-hydrogen) atoms. The summed E-state index contributed by atoms with van der Waals surface area (Å²) in [5.41, 5.74) is 0.310. The lowest BCUT2D eigenvalue weighted by atomic mass is 10.2. The maximum absolute atomic E-state index is 10.3. The van der Waals surface area contributed by atoms with Crippen molar-refractivity contribution in [3.05, 3.63) is 37.0 Å². The summed E-state index contributed by atoms with van der Waals surface area (Å²) in [5, 5.41) is 8.47. The molecule has 0 aliphatic rings. The first-order valence-corrected chi connectivity index (χ1v) is 2.88. The molecule has 0 aliphatic heterocycles. The van der Waals surface area contributed by atoms with E-state index in [1.807, 2.05) is 0 Å². The van der Waals surface area contributed by atoms with Gasteiger partial charge in [0.25, 0.3) is 0 Å². The molecule has 0 aromatic rings. The Morgan fingerprint density at radius 3 is 2.40 bits per heavy atom. The number of hydrogen-bond donors (Lipinski definition) is 1. The number of allylic oxidation sites excluding steroid dienone is 3. The summed E-state index contributed by atoms with van der Waals surface area (Å²) in [5.74, 6) is -0.917. The summed E-state index contributed by atoms with van der Waals surface area (Å²) in [6.45, 7) is 6.82. The summed E-state index contributed by atoms with van der Waals surface area (Å²) in [4.78, 5) is 10.3. The molecule has 1 N–H and O–H groups in total. The summed E-state index contributed by atoms with van der Waals surface area (Å²) in [7, 11) is 0. The fourth-order valence-corrected chi connectivity index (χ4v) is 0.524. The number of carbonyl (C=O) groups is 1. The standard InChI is InChI=1S/C8H10O2/c1-3-5-7(6-4-2)8(9)10/h3-5H,1-2,6H2,(H,9,10)/b7-5+. The van der Waals surface area contributed by atoms with E-state index in [1.54, 1.807) is 6.08 Å². The summed E-state index contributed by atoms with van der Waals surface area (Å²) in [6.07, 6.45) is 4.84. The molecule has 0 saturated carbocycles. The highest BCUT2D eigenvalue weighted by Crippen LogP contribution is 2.01. The Hall–Kier alpha value is -1.31. The number of rotatable bonds is 4. The number of hydrogen-bond acceptors (Lipinski definition) is 1. The summed E-state index contributed by atoms with van der Waals surface area (Å²) < 4.78 is 0. The van der Waals surface area contributed by atoms with Gasteiger partial charge in [0.2, 0.25) is 0 Å². The fraction of sp³-hybridized carbons (Fsp3) is 0.125. The highest BCUT2D eigenvalue weighted by Gasteiger charge is 2.01. The summed E-state index contributed by atoms with van der Waals surface area (Å²) in [6, 6.07) is 0. The minimum Gasteiger partial charge on any atom is -0.478 e. The van der Waals surface area contributed by atoms with Crippen LogP contribution < -0.4 is 0 Å². The molecule has 0 rings (SSSR count). The van der Waals surface area contributed by atoms with Gasteiger partial charge in [-0.3, -0.25) is 0 Å². The predicted octanol–water partition coefficient (Wildman–Crippen LogP) is 1.76. The Kier molecular flexibility index (Phi) is 3.96. The maximum Gasteiger partial charge on any atom is 0.331 e. The molecular formula is C8H10O2. The van der Waals surface area contributed by atoms with Crippen LogP contribution in [0.15, 0.2) is 37.0 Å². The number of carboxylic acid groups (broad SMARTS) is 1. The van der Waals surface area contributed by atoms with Crippen molar-refractivity contribution in [2.45, 2.75) is 6.42 Å². The molecule has 54 valence electrons. The van der Waals surface area contributed by atoms with E-state index in [0.29, 0.717) is 12.0 Å². The molecule has 0 radical (unpaired) electrons. The molecule has 2 nitrogen and oxygen atoms in total. The van der Waals surface area contributed by atoms with E-state index in [9.17, 15) is 4.79 Å². The van der Waals surface area contributed by atoms with E-state index in [0.717, 1.165) is 0 Å². The van der Waals surface area contributed by atoms with Crippen LogP contribution in [0, 0.1) is 0 Å². The van der Waals surface area contributed by atoms with Gasteiger partial charge in [-0.05, 0) is 6.42 Å². The SMILES string of the molecule is C=C/C=C(\CC=C)C(=O)O. The Morgan fingerprint density at radius 2 is 2.10 bits per heavy atom. The summed E-state index contributed by atoms with van der Waals surface area (Å²) >= 11 is 0. The van der Waals surface area contributed by atoms with E-state index in [2.05, 4.69) is 13.2 Å². The third-order valence-corrected chi connectivity index (χ3v) is 0.958. The Morgan fingerprint density at radius 1 is 1.50 bits per heavy atom. The minimum absolute atomic E-state index is 0.310. The zero-order valence-electron chi connectivity index (χ0n) is 5.71. The quantitative estimate of drug-likeness (QED) is 0.365. The van der Waals surface area contributed by atoms with Crippen LogP contribution in [-0.2, 0) is 4.79 Å². The predicted molar refractivity (Wildman–Crippen MR) is 40.7 cm³/mol. The van der Waals surface area contributed by atoms with E-state index in [4.69, 9.17) is 5.11 Å². The lowest BCUT2D eigenvalue weighted by molar-refractivity contribution is -0.132. The first kappa shape index (κ1) is 8.69. The molecule has 0 saturated heterocycles. The van der Waals surface area contributed by atoms with Crippen LogP contribution in [0.3, 0.4) is 0 Å². The van der Waals surface area contributed by atoms with Gasteiger partial charge in [0.1, 0.15) is 0 Å². The van der Waals surface area contributed by atoms with Crippen LogP contribution >= 0.6 is 0 Å². The van der Waals surface area contributed by atoms with Crippen molar-refractivity contribution in [3.63, 3.8) is 0 Å². The van der Waals surface area contributed by atoms with Gasteiger partial charge in [0.15, 0.2) is 0 Å². The molecule has 0 heterocycles. The van der Waals surface area contributed by atoms with E-state index in [1.165, 1.54) is 12.2 Å². The second-order valence-corrected chi connectivity index (χ2v) is 1.73. The molecule has 0 amide bonds. The molecule has 0 bridgehead atoms. The van der Waals surface area contributed by atoms with Crippen LogP contribution in [-0.4, -0.2) is 11.1 Å². The molecule has 0 aliphatic carbocycles.